The molecule has 14 heavy (non-hydrogen) atoms. The van der Waals surface area contributed by atoms with Gasteiger partial charge in [-0.3, -0.25) is 4.79 Å². The zero-order valence-corrected chi connectivity index (χ0v) is 9.16. The highest BCUT2D eigenvalue weighted by molar-refractivity contribution is 5.71. The number of allylic oxidation sites excluding steroid dienone is 3. The Kier molecular flexibility index (Phi) is 9.28. The minimum Gasteiger partial charge on any atom is -0.466 e. The van der Waals surface area contributed by atoms with Gasteiger partial charge in [-0.15, -0.1) is 0 Å². The number of hydrogen-bond acceptors (Lipinski definition) is 2. The lowest BCUT2D eigenvalue weighted by Gasteiger charge is -1.95. The van der Waals surface area contributed by atoms with Crippen LogP contribution in [0.15, 0.2) is 24.3 Å². The van der Waals surface area contributed by atoms with Crippen molar-refractivity contribution in [2.45, 2.75) is 39.5 Å². The topological polar surface area (TPSA) is 26.3 Å². The molecule has 0 bridgehead atoms. The SMILES string of the molecule is CCCC/C=C\C=C\CC(=O)OCC. The Morgan fingerprint density at radius 3 is 2.57 bits per heavy atom. The maximum atomic E-state index is 10.9. The Balaban J connectivity index is 3.43. The highest BCUT2D eigenvalue weighted by atomic mass is 16.5. The van der Waals surface area contributed by atoms with Crippen LogP contribution in [-0.4, -0.2) is 12.6 Å². The molecule has 0 aliphatic carbocycles. The second-order valence-corrected chi connectivity index (χ2v) is 3.01. The second kappa shape index (κ2) is 10.0. The minimum absolute atomic E-state index is 0.161. The Labute approximate surface area is 86.6 Å². The number of hydrogen-bond donors (Lipinski definition) is 0. The summed E-state index contributed by atoms with van der Waals surface area (Å²) >= 11 is 0. The average Bonchev–Trinajstić information content (AvgIpc) is 2.17. The van der Waals surface area contributed by atoms with Gasteiger partial charge in [0.25, 0.3) is 0 Å². The van der Waals surface area contributed by atoms with Gasteiger partial charge < -0.3 is 4.74 Å². The van der Waals surface area contributed by atoms with Crippen LogP contribution in [0.3, 0.4) is 0 Å². The first-order valence-corrected chi connectivity index (χ1v) is 5.28. The maximum absolute atomic E-state index is 10.9. The van der Waals surface area contributed by atoms with Gasteiger partial charge in [0.05, 0.1) is 13.0 Å². The Bertz CT molecular complexity index is 192. The van der Waals surface area contributed by atoms with Crippen LogP contribution in [0.4, 0.5) is 0 Å². The van der Waals surface area contributed by atoms with Crippen LogP contribution < -0.4 is 0 Å². The number of carbonyl (C=O) groups is 1. The molecule has 0 atom stereocenters. The molecule has 80 valence electrons. The van der Waals surface area contributed by atoms with E-state index in [1.807, 2.05) is 25.2 Å². The van der Waals surface area contributed by atoms with Crippen molar-refractivity contribution in [2.75, 3.05) is 6.61 Å². The lowest BCUT2D eigenvalue weighted by atomic mass is 10.2. The molecule has 0 spiro atoms. The molecule has 0 fully saturated rings. The quantitative estimate of drug-likeness (QED) is 0.355. The first-order chi connectivity index (χ1) is 6.81. The predicted octanol–water partition coefficient (Wildman–Crippen LogP) is 3.24. The van der Waals surface area contributed by atoms with E-state index in [0.717, 1.165) is 6.42 Å². The Morgan fingerprint density at radius 1 is 1.21 bits per heavy atom. The molecule has 2 heteroatoms. The summed E-state index contributed by atoms with van der Waals surface area (Å²) in [6.07, 6.45) is 11.7. The first-order valence-electron chi connectivity index (χ1n) is 5.28. The fraction of sp³-hybridized carbons (Fsp3) is 0.583. The van der Waals surface area contributed by atoms with Crippen molar-refractivity contribution < 1.29 is 9.53 Å². The molecule has 0 saturated heterocycles. The molecule has 0 N–H and O–H groups in total. The van der Waals surface area contributed by atoms with Crippen LogP contribution >= 0.6 is 0 Å². The first kappa shape index (κ1) is 12.9. The standard InChI is InChI=1S/C12H20O2/c1-3-5-6-7-8-9-10-11-12(13)14-4-2/h7-10H,3-6,11H2,1-2H3/b8-7-,10-9+. The molecule has 0 aliphatic rings. The van der Waals surface area contributed by atoms with Gasteiger partial charge in [-0.05, 0) is 13.3 Å². The highest BCUT2D eigenvalue weighted by Crippen LogP contribution is 1.95. The van der Waals surface area contributed by atoms with Crippen molar-refractivity contribution in [1.29, 1.82) is 0 Å². The van der Waals surface area contributed by atoms with E-state index < -0.39 is 0 Å². The van der Waals surface area contributed by atoms with Gasteiger partial charge >= 0.3 is 5.97 Å². The fourth-order valence-corrected chi connectivity index (χ4v) is 0.960. The monoisotopic (exact) mass is 196 g/mol. The number of esters is 1. The van der Waals surface area contributed by atoms with E-state index in [1.165, 1.54) is 12.8 Å². The molecule has 0 radical (unpaired) electrons. The van der Waals surface area contributed by atoms with Crippen LogP contribution in [0, 0.1) is 0 Å². The summed E-state index contributed by atoms with van der Waals surface area (Å²) in [5.74, 6) is -0.161. The second-order valence-electron chi connectivity index (χ2n) is 3.01. The summed E-state index contributed by atoms with van der Waals surface area (Å²) < 4.78 is 4.77. The average molecular weight is 196 g/mol. The highest BCUT2D eigenvalue weighted by Gasteiger charge is 1.94. The number of carbonyl (C=O) groups excluding carboxylic acids is 1. The van der Waals surface area contributed by atoms with Crippen LogP contribution in [0.1, 0.15) is 39.5 Å². The molecule has 0 aromatic carbocycles. The molecular weight excluding hydrogens is 176 g/mol. The molecule has 0 saturated carbocycles. The van der Waals surface area contributed by atoms with E-state index in [1.54, 1.807) is 0 Å². The fourth-order valence-electron chi connectivity index (χ4n) is 0.960. The molecular formula is C12H20O2. The van der Waals surface area contributed by atoms with E-state index in [-0.39, 0.29) is 5.97 Å². The molecule has 0 aliphatic heterocycles. The predicted molar refractivity (Wildman–Crippen MR) is 59.1 cm³/mol. The van der Waals surface area contributed by atoms with Crippen LogP contribution in [0.5, 0.6) is 0 Å². The molecule has 0 amide bonds. The van der Waals surface area contributed by atoms with Gasteiger partial charge in [-0.2, -0.15) is 0 Å². The van der Waals surface area contributed by atoms with E-state index in [4.69, 9.17) is 4.74 Å². The lowest BCUT2D eigenvalue weighted by molar-refractivity contribution is -0.142. The third-order valence-corrected chi connectivity index (χ3v) is 1.70. The summed E-state index contributed by atoms with van der Waals surface area (Å²) in [6.45, 7) is 4.44. The lowest BCUT2D eigenvalue weighted by Crippen LogP contribution is -2.01. The Morgan fingerprint density at radius 2 is 1.93 bits per heavy atom. The summed E-state index contributed by atoms with van der Waals surface area (Å²) in [6, 6.07) is 0. The normalized spacial score (nSPS) is 11.3. The van der Waals surface area contributed by atoms with Crippen molar-refractivity contribution in [3.63, 3.8) is 0 Å². The van der Waals surface area contributed by atoms with Gasteiger partial charge in [0, 0.05) is 0 Å². The smallest absolute Gasteiger partial charge is 0.309 e. The number of rotatable bonds is 7. The van der Waals surface area contributed by atoms with E-state index in [2.05, 4.69) is 13.0 Å². The van der Waals surface area contributed by atoms with Gasteiger partial charge in [0.2, 0.25) is 0 Å². The van der Waals surface area contributed by atoms with E-state index >= 15 is 0 Å². The van der Waals surface area contributed by atoms with Crippen molar-refractivity contribution >= 4 is 5.97 Å². The molecule has 0 rings (SSSR count). The molecule has 0 unspecified atom stereocenters. The number of ether oxygens (including phenoxy) is 1. The summed E-state index contributed by atoms with van der Waals surface area (Å²) in [5.41, 5.74) is 0. The van der Waals surface area contributed by atoms with Gasteiger partial charge in [-0.25, -0.2) is 0 Å². The molecule has 2 nitrogen and oxygen atoms in total. The maximum Gasteiger partial charge on any atom is 0.309 e. The van der Waals surface area contributed by atoms with Crippen molar-refractivity contribution in [2.24, 2.45) is 0 Å². The minimum atomic E-state index is -0.161. The van der Waals surface area contributed by atoms with Crippen LogP contribution in [0.25, 0.3) is 0 Å². The van der Waals surface area contributed by atoms with Crippen LogP contribution in [0.2, 0.25) is 0 Å². The van der Waals surface area contributed by atoms with Gasteiger partial charge in [-0.1, -0.05) is 44.1 Å². The van der Waals surface area contributed by atoms with Crippen molar-refractivity contribution in [3.05, 3.63) is 24.3 Å². The largest absolute Gasteiger partial charge is 0.466 e. The zero-order valence-electron chi connectivity index (χ0n) is 9.16. The zero-order chi connectivity index (χ0) is 10.6. The van der Waals surface area contributed by atoms with Gasteiger partial charge in [0.15, 0.2) is 0 Å². The summed E-state index contributed by atoms with van der Waals surface area (Å²) in [4.78, 5) is 10.9. The summed E-state index contributed by atoms with van der Waals surface area (Å²) in [5, 5.41) is 0. The third-order valence-electron chi connectivity index (χ3n) is 1.70. The van der Waals surface area contributed by atoms with Crippen molar-refractivity contribution in [3.8, 4) is 0 Å². The summed E-state index contributed by atoms with van der Waals surface area (Å²) in [7, 11) is 0. The third kappa shape index (κ3) is 9.04. The van der Waals surface area contributed by atoms with E-state index in [9.17, 15) is 4.79 Å². The van der Waals surface area contributed by atoms with Crippen LogP contribution in [-0.2, 0) is 9.53 Å². The number of unbranched alkanes of at least 4 members (excludes halogenated alkanes) is 2. The van der Waals surface area contributed by atoms with Crippen molar-refractivity contribution in [1.82, 2.24) is 0 Å². The molecule has 0 aromatic rings. The molecule has 0 aromatic heterocycles. The Hall–Kier alpha value is -1.05. The molecule has 0 heterocycles. The van der Waals surface area contributed by atoms with E-state index in [0.29, 0.717) is 13.0 Å². The van der Waals surface area contributed by atoms with Gasteiger partial charge in [0.1, 0.15) is 0 Å².